The first-order chi connectivity index (χ1) is 12.2. The molecule has 6 nitrogen and oxygen atoms in total. The molecule has 1 atom stereocenters. The van der Waals surface area contributed by atoms with Crippen LogP contribution in [-0.4, -0.2) is 31.0 Å². The van der Waals surface area contributed by atoms with Crippen LogP contribution in [0.15, 0.2) is 48.8 Å². The van der Waals surface area contributed by atoms with Crippen molar-refractivity contribution in [2.24, 2.45) is 0 Å². The number of carbonyl (C=O) groups excluding carboxylic acids is 2. The van der Waals surface area contributed by atoms with Gasteiger partial charge in [0.05, 0.1) is 25.3 Å². The maximum Gasteiger partial charge on any atom is 0.292 e. The van der Waals surface area contributed by atoms with E-state index < -0.39 is 0 Å². The molecule has 130 valence electrons. The quantitative estimate of drug-likeness (QED) is 0.738. The highest BCUT2D eigenvalue weighted by Gasteiger charge is 2.42. The molecule has 1 saturated heterocycles. The molecule has 3 rings (SSSR count). The Morgan fingerprint density at radius 3 is 2.56 bits per heavy atom. The molecule has 2 aromatic rings. The molecule has 0 spiro atoms. The lowest BCUT2D eigenvalue weighted by Crippen LogP contribution is -2.92. The maximum absolute atomic E-state index is 12.6. The van der Waals surface area contributed by atoms with Gasteiger partial charge in [-0.05, 0) is 36.8 Å². The summed E-state index contributed by atoms with van der Waals surface area (Å²) < 4.78 is 5.40. The standard InChI is InChI=1S/C19H21N3O3/c1-2-25-16-5-3-15(4-6-16)22-18(23)13-17(19(22)24)21-12-9-14-7-10-20-11-8-14/h3-8,10-11,17,21H,2,9,12-13H2,1H3/p+2. The van der Waals surface area contributed by atoms with Gasteiger partial charge in [-0.25, -0.2) is 9.88 Å². The van der Waals surface area contributed by atoms with Crippen molar-refractivity contribution in [2.75, 3.05) is 18.1 Å². The smallest absolute Gasteiger partial charge is 0.292 e. The number of pyridine rings is 1. The number of hydrogen-bond acceptors (Lipinski definition) is 3. The van der Waals surface area contributed by atoms with Crippen LogP contribution in [0.25, 0.3) is 0 Å². The van der Waals surface area contributed by atoms with Crippen molar-refractivity contribution in [2.45, 2.75) is 25.8 Å². The number of aromatic amines is 1. The van der Waals surface area contributed by atoms with E-state index in [2.05, 4.69) is 4.98 Å². The van der Waals surface area contributed by atoms with Gasteiger partial charge in [0.25, 0.3) is 5.91 Å². The number of ether oxygens (including phenoxy) is 1. The number of rotatable bonds is 7. The molecule has 1 aliphatic heterocycles. The highest BCUT2D eigenvalue weighted by Crippen LogP contribution is 2.24. The number of amides is 2. The van der Waals surface area contributed by atoms with Crippen LogP contribution in [0.3, 0.4) is 0 Å². The molecule has 1 fully saturated rings. The highest BCUT2D eigenvalue weighted by atomic mass is 16.5. The van der Waals surface area contributed by atoms with Gasteiger partial charge in [0.15, 0.2) is 18.4 Å². The Bertz CT molecular complexity index is 731. The van der Waals surface area contributed by atoms with Gasteiger partial charge in [0.1, 0.15) is 5.75 Å². The van der Waals surface area contributed by atoms with Gasteiger partial charge in [-0.1, -0.05) is 0 Å². The molecule has 1 unspecified atom stereocenters. The molecule has 25 heavy (non-hydrogen) atoms. The summed E-state index contributed by atoms with van der Waals surface area (Å²) in [5.41, 5.74) is 1.81. The Labute approximate surface area is 146 Å². The normalized spacial score (nSPS) is 17.2. The minimum atomic E-state index is -0.339. The van der Waals surface area contributed by atoms with E-state index in [0.29, 0.717) is 12.3 Å². The third kappa shape index (κ3) is 4.03. The predicted octanol–water partition coefficient (Wildman–Crippen LogP) is 0.337. The third-order valence-corrected chi connectivity index (χ3v) is 4.26. The molecule has 1 aromatic heterocycles. The number of aromatic nitrogens is 1. The second-order valence-corrected chi connectivity index (χ2v) is 5.99. The summed E-state index contributed by atoms with van der Waals surface area (Å²) in [6.07, 6.45) is 4.87. The Morgan fingerprint density at radius 1 is 1.16 bits per heavy atom. The second kappa shape index (κ2) is 7.90. The van der Waals surface area contributed by atoms with E-state index in [9.17, 15) is 9.59 Å². The molecule has 2 amide bonds. The van der Waals surface area contributed by atoms with Gasteiger partial charge in [-0.2, -0.15) is 0 Å². The molecule has 0 radical (unpaired) electrons. The van der Waals surface area contributed by atoms with Crippen LogP contribution in [0.2, 0.25) is 0 Å². The molecular formula is C19H23N3O3+2. The van der Waals surface area contributed by atoms with Crippen LogP contribution >= 0.6 is 0 Å². The first-order valence-electron chi connectivity index (χ1n) is 8.57. The molecular weight excluding hydrogens is 318 g/mol. The summed E-state index contributed by atoms with van der Waals surface area (Å²) in [6, 6.07) is 10.8. The summed E-state index contributed by atoms with van der Waals surface area (Å²) in [7, 11) is 0. The van der Waals surface area contributed by atoms with Crippen molar-refractivity contribution in [1.29, 1.82) is 0 Å². The summed E-state index contributed by atoms with van der Waals surface area (Å²) in [4.78, 5) is 29.2. The van der Waals surface area contributed by atoms with Crippen molar-refractivity contribution in [3.05, 3.63) is 54.4 Å². The first-order valence-corrected chi connectivity index (χ1v) is 8.57. The number of benzene rings is 1. The van der Waals surface area contributed by atoms with Crippen LogP contribution < -0.4 is 19.9 Å². The second-order valence-electron chi connectivity index (χ2n) is 5.99. The molecule has 3 N–H and O–H groups in total. The minimum Gasteiger partial charge on any atom is -0.494 e. The Hall–Kier alpha value is -2.73. The van der Waals surface area contributed by atoms with E-state index in [1.807, 2.05) is 36.8 Å². The number of H-pyrrole nitrogens is 1. The largest absolute Gasteiger partial charge is 0.494 e. The van der Waals surface area contributed by atoms with E-state index >= 15 is 0 Å². The van der Waals surface area contributed by atoms with Gasteiger partial charge >= 0.3 is 0 Å². The minimum absolute atomic E-state index is 0.143. The zero-order chi connectivity index (χ0) is 17.6. The molecule has 0 bridgehead atoms. The number of hydrogen-bond donors (Lipinski definition) is 1. The SMILES string of the molecule is CCOc1ccc(N2C(=O)CC([NH2+]CCc3cc[nH+]cc3)C2=O)cc1. The van der Waals surface area contributed by atoms with E-state index in [0.717, 1.165) is 18.7 Å². The van der Waals surface area contributed by atoms with Gasteiger partial charge in [0, 0.05) is 18.6 Å². The lowest BCUT2D eigenvalue weighted by Gasteiger charge is -2.14. The van der Waals surface area contributed by atoms with Crippen molar-refractivity contribution < 1.29 is 24.6 Å². The molecule has 1 aliphatic rings. The van der Waals surface area contributed by atoms with E-state index in [1.165, 1.54) is 10.5 Å². The molecule has 0 aliphatic carbocycles. The van der Waals surface area contributed by atoms with Crippen LogP contribution in [0.4, 0.5) is 5.69 Å². The van der Waals surface area contributed by atoms with E-state index in [-0.39, 0.29) is 24.3 Å². The lowest BCUT2D eigenvalue weighted by molar-refractivity contribution is -0.674. The van der Waals surface area contributed by atoms with Gasteiger partial charge in [-0.15, -0.1) is 0 Å². The number of anilines is 1. The summed E-state index contributed by atoms with van der Waals surface area (Å²) in [5.74, 6) is 0.439. The van der Waals surface area contributed by atoms with Crippen molar-refractivity contribution in [1.82, 2.24) is 0 Å². The number of nitrogens with two attached hydrogens (primary N) is 1. The summed E-state index contributed by atoms with van der Waals surface area (Å²) >= 11 is 0. The zero-order valence-electron chi connectivity index (χ0n) is 14.3. The third-order valence-electron chi connectivity index (χ3n) is 4.26. The van der Waals surface area contributed by atoms with Crippen molar-refractivity contribution >= 4 is 17.5 Å². The van der Waals surface area contributed by atoms with Crippen LogP contribution in [0, 0.1) is 0 Å². The van der Waals surface area contributed by atoms with Crippen LogP contribution in [0.1, 0.15) is 18.9 Å². The topological polar surface area (TPSA) is 77.4 Å². The average Bonchev–Trinajstić information content (AvgIpc) is 2.91. The van der Waals surface area contributed by atoms with Crippen molar-refractivity contribution in [3.8, 4) is 5.75 Å². The number of nitrogens with zero attached hydrogens (tertiary/aromatic N) is 1. The molecule has 0 saturated carbocycles. The fourth-order valence-electron chi connectivity index (χ4n) is 3.01. The fourth-order valence-corrected chi connectivity index (χ4v) is 3.01. The Balaban J connectivity index is 1.59. The van der Waals surface area contributed by atoms with Gasteiger partial charge in [-0.3, -0.25) is 9.59 Å². The number of quaternary nitrogens is 1. The van der Waals surface area contributed by atoms with Crippen LogP contribution in [-0.2, 0) is 16.0 Å². The highest BCUT2D eigenvalue weighted by molar-refractivity contribution is 6.21. The summed E-state index contributed by atoms with van der Waals surface area (Å²) in [6.45, 7) is 3.26. The van der Waals surface area contributed by atoms with Gasteiger partial charge < -0.3 is 10.1 Å². The Morgan fingerprint density at radius 2 is 1.88 bits per heavy atom. The lowest BCUT2D eigenvalue weighted by atomic mass is 10.2. The van der Waals surface area contributed by atoms with Crippen molar-refractivity contribution in [3.63, 3.8) is 0 Å². The molecule has 1 aromatic carbocycles. The average molecular weight is 341 g/mol. The maximum atomic E-state index is 12.6. The number of carbonyl (C=O) groups is 2. The monoisotopic (exact) mass is 341 g/mol. The zero-order valence-corrected chi connectivity index (χ0v) is 14.3. The molecule has 2 heterocycles. The summed E-state index contributed by atoms with van der Waals surface area (Å²) in [5, 5.41) is 1.96. The van der Waals surface area contributed by atoms with E-state index in [1.54, 1.807) is 24.3 Å². The number of imide groups is 1. The van der Waals surface area contributed by atoms with Crippen LogP contribution in [0.5, 0.6) is 5.75 Å². The fraction of sp³-hybridized carbons (Fsp3) is 0.316. The Kier molecular flexibility index (Phi) is 5.40. The first kappa shape index (κ1) is 17.1. The van der Waals surface area contributed by atoms with E-state index in [4.69, 9.17) is 4.74 Å². The number of nitrogens with one attached hydrogen (secondary N) is 1. The van der Waals surface area contributed by atoms with Gasteiger partial charge in [0.2, 0.25) is 5.91 Å². The molecule has 6 heteroatoms. The predicted molar refractivity (Wildman–Crippen MR) is 92.0 cm³/mol.